The van der Waals surface area contributed by atoms with Crippen molar-refractivity contribution in [2.75, 3.05) is 6.54 Å². The number of nitrogens with two attached hydrogens (primary N) is 1. The van der Waals surface area contributed by atoms with Crippen LogP contribution in [0.1, 0.15) is 12.5 Å². The van der Waals surface area contributed by atoms with Crippen LogP contribution in [0.5, 0.6) is 0 Å². The molecule has 3 N–H and O–H groups in total. The third-order valence-electron chi connectivity index (χ3n) is 2.25. The fourth-order valence-electron chi connectivity index (χ4n) is 1.37. The first-order valence-corrected chi connectivity index (χ1v) is 6.72. The van der Waals surface area contributed by atoms with Crippen LogP contribution in [0.25, 0.3) is 0 Å². The zero-order chi connectivity index (χ0) is 13.9. The van der Waals surface area contributed by atoms with Crippen molar-refractivity contribution in [2.24, 2.45) is 5.73 Å². The molecule has 0 aliphatic rings. The van der Waals surface area contributed by atoms with Crippen LogP contribution in [0.4, 0.5) is 5.69 Å². The summed E-state index contributed by atoms with van der Waals surface area (Å²) in [5.41, 5.74) is 5.64. The van der Waals surface area contributed by atoms with Gasteiger partial charge < -0.3 is 5.73 Å². The molecule has 0 amide bonds. The summed E-state index contributed by atoms with van der Waals surface area (Å²) in [6, 6.07) is 3.29. The molecule has 1 atom stereocenters. The highest BCUT2D eigenvalue weighted by atomic mass is 32.2. The number of hydrogen-bond acceptors (Lipinski definition) is 5. The van der Waals surface area contributed by atoms with Crippen LogP contribution in [0.15, 0.2) is 23.1 Å². The first-order valence-electron chi connectivity index (χ1n) is 5.24. The van der Waals surface area contributed by atoms with Crippen LogP contribution in [0.3, 0.4) is 0 Å². The van der Waals surface area contributed by atoms with Gasteiger partial charge in [0.25, 0.3) is 5.69 Å². The SMILES string of the molecule is Cc1cc([N+](=O)[O-])ccc1S(=O)(=O)NCC(C)N. The van der Waals surface area contributed by atoms with E-state index < -0.39 is 14.9 Å². The molecule has 0 bridgehead atoms. The minimum Gasteiger partial charge on any atom is -0.327 e. The summed E-state index contributed by atoms with van der Waals surface area (Å²) in [7, 11) is -3.68. The molecule has 1 aromatic rings. The summed E-state index contributed by atoms with van der Waals surface area (Å²) < 4.78 is 26.1. The van der Waals surface area contributed by atoms with Crippen LogP contribution >= 0.6 is 0 Å². The van der Waals surface area contributed by atoms with Crippen LogP contribution in [0.2, 0.25) is 0 Å². The molecule has 100 valence electrons. The zero-order valence-corrected chi connectivity index (χ0v) is 10.9. The van der Waals surface area contributed by atoms with Crippen LogP contribution in [-0.4, -0.2) is 25.9 Å². The normalized spacial score (nSPS) is 13.3. The van der Waals surface area contributed by atoms with E-state index in [4.69, 9.17) is 5.73 Å². The average molecular weight is 273 g/mol. The third kappa shape index (κ3) is 3.49. The summed E-state index contributed by atoms with van der Waals surface area (Å²) in [6.45, 7) is 3.29. The number of nitrogens with one attached hydrogen (secondary N) is 1. The zero-order valence-electron chi connectivity index (χ0n) is 10.1. The van der Waals surface area contributed by atoms with Gasteiger partial charge in [-0.25, -0.2) is 13.1 Å². The Balaban J connectivity index is 3.06. The molecule has 0 saturated carbocycles. The summed E-state index contributed by atoms with van der Waals surface area (Å²) >= 11 is 0. The van der Waals surface area contributed by atoms with Crippen molar-refractivity contribution in [3.05, 3.63) is 33.9 Å². The Morgan fingerprint density at radius 1 is 1.50 bits per heavy atom. The van der Waals surface area contributed by atoms with E-state index in [0.717, 1.165) is 6.07 Å². The second kappa shape index (κ2) is 5.42. The lowest BCUT2D eigenvalue weighted by molar-refractivity contribution is -0.385. The Kier molecular flexibility index (Phi) is 4.38. The number of benzene rings is 1. The maximum atomic E-state index is 11.9. The lowest BCUT2D eigenvalue weighted by Gasteiger charge is -2.10. The molecule has 0 radical (unpaired) electrons. The number of non-ortho nitro benzene ring substituents is 1. The summed E-state index contributed by atoms with van der Waals surface area (Å²) in [5, 5.41) is 10.6. The monoisotopic (exact) mass is 273 g/mol. The van der Waals surface area contributed by atoms with E-state index in [1.54, 1.807) is 6.92 Å². The topological polar surface area (TPSA) is 115 Å². The Morgan fingerprint density at radius 3 is 2.56 bits per heavy atom. The molecular formula is C10H15N3O4S. The maximum absolute atomic E-state index is 11.9. The molecule has 0 spiro atoms. The van der Waals surface area contributed by atoms with Gasteiger partial charge in [-0.15, -0.1) is 0 Å². The molecule has 0 aliphatic heterocycles. The number of sulfonamides is 1. The van der Waals surface area contributed by atoms with E-state index >= 15 is 0 Å². The van der Waals surface area contributed by atoms with Gasteiger partial charge in [0.05, 0.1) is 9.82 Å². The fourth-order valence-corrected chi connectivity index (χ4v) is 2.74. The smallest absolute Gasteiger partial charge is 0.269 e. The molecule has 0 heterocycles. The number of aryl methyl sites for hydroxylation is 1. The molecule has 0 saturated heterocycles. The Labute approximate surface area is 105 Å². The van der Waals surface area contributed by atoms with Gasteiger partial charge in [0, 0.05) is 24.7 Å². The molecule has 1 rings (SSSR count). The number of nitrogens with zero attached hydrogens (tertiary/aromatic N) is 1. The number of rotatable bonds is 5. The van der Waals surface area contributed by atoms with Crippen molar-refractivity contribution < 1.29 is 13.3 Å². The van der Waals surface area contributed by atoms with Crippen LogP contribution < -0.4 is 10.5 Å². The van der Waals surface area contributed by atoms with E-state index in [9.17, 15) is 18.5 Å². The van der Waals surface area contributed by atoms with E-state index in [1.165, 1.54) is 19.1 Å². The summed E-state index contributed by atoms with van der Waals surface area (Å²) in [4.78, 5) is 10.0. The predicted molar refractivity (Wildman–Crippen MR) is 66.7 cm³/mol. The molecule has 8 heteroatoms. The molecule has 0 aliphatic carbocycles. The summed E-state index contributed by atoms with van der Waals surface area (Å²) in [5.74, 6) is 0. The third-order valence-corrected chi connectivity index (χ3v) is 3.84. The molecule has 1 aromatic carbocycles. The minimum atomic E-state index is -3.68. The van der Waals surface area contributed by atoms with Crippen LogP contribution in [0, 0.1) is 17.0 Å². The second-order valence-electron chi connectivity index (χ2n) is 4.04. The minimum absolute atomic E-state index is 0.0220. The Hall–Kier alpha value is -1.51. The molecule has 18 heavy (non-hydrogen) atoms. The number of nitro benzene ring substituents is 1. The van der Waals surface area contributed by atoms with Crippen molar-refractivity contribution in [1.29, 1.82) is 0 Å². The van der Waals surface area contributed by atoms with Gasteiger partial charge in [-0.1, -0.05) is 0 Å². The van der Waals surface area contributed by atoms with Gasteiger partial charge in [-0.2, -0.15) is 0 Å². The predicted octanol–water partition coefficient (Wildman–Crippen LogP) is 0.529. The van der Waals surface area contributed by atoms with E-state index in [1.807, 2.05) is 0 Å². The summed E-state index contributed by atoms with van der Waals surface area (Å²) in [6.07, 6.45) is 0. The van der Waals surface area contributed by atoms with Crippen LogP contribution in [-0.2, 0) is 10.0 Å². The van der Waals surface area contributed by atoms with Gasteiger partial charge in [-0.05, 0) is 25.5 Å². The second-order valence-corrected chi connectivity index (χ2v) is 5.77. The van der Waals surface area contributed by atoms with Crippen molar-refractivity contribution in [3.63, 3.8) is 0 Å². The molecule has 0 aromatic heterocycles. The highest BCUT2D eigenvalue weighted by molar-refractivity contribution is 7.89. The average Bonchev–Trinajstić information content (AvgIpc) is 2.26. The van der Waals surface area contributed by atoms with Gasteiger partial charge in [-0.3, -0.25) is 10.1 Å². The molecular weight excluding hydrogens is 258 g/mol. The Bertz CT molecular complexity index is 554. The van der Waals surface area contributed by atoms with Gasteiger partial charge in [0.2, 0.25) is 10.0 Å². The van der Waals surface area contributed by atoms with Gasteiger partial charge >= 0.3 is 0 Å². The van der Waals surface area contributed by atoms with Crippen molar-refractivity contribution in [1.82, 2.24) is 4.72 Å². The number of hydrogen-bond donors (Lipinski definition) is 2. The fraction of sp³-hybridized carbons (Fsp3) is 0.400. The first-order chi connectivity index (χ1) is 8.24. The Morgan fingerprint density at radius 2 is 2.11 bits per heavy atom. The largest absolute Gasteiger partial charge is 0.327 e. The maximum Gasteiger partial charge on any atom is 0.269 e. The van der Waals surface area contributed by atoms with Gasteiger partial charge in [0.1, 0.15) is 0 Å². The molecule has 7 nitrogen and oxygen atoms in total. The standard InChI is InChI=1S/C10H15N3O4S/c1-7-5-9(13(14)15)3-4-10(7)18(16,17)12-6-8(2)11/h3-5,8,12H,6,11H2,1-2H3. The van der Waals surface area contributed by atoms with Gasteiger partial charge in [0.15, 0.2) is 0 Å². The highest BCUT2D eigenvalue weighted by Gasteiger charge is 2.19. The van der Waals surface area contributed by atoms with Crippen molar-refractivity contribution in [3.8, 4) is 0 Å². The van der Waals surface area contributed by atoms with Crippen molar-refractivity contribution >= 4 is 15.7 Å². The van der Waals surface area contributed by atoms with E-state index in [0.29, 0.717) is 5.56 Å². The quantitative estimate of drug-likeness (QED) is 0.599. The van der Waals surface area contributed by atoms with E-state index in [-0.39, 0.29) is 23.2 Å². The first kappa shape index (κ1) is 14.6. The van der Waals surface area contributed by atoms with Crippen molar-refractivity contribution in [2.45, 2.75) is 24.8 Å². The molecule has 0 fully saturated rings. The number of nitro groups is 1. The molecule has 1 unspecified atom stereocenters. The lowest BCUT2D eigenvalue weighted by Crippen LogP contribution is -2.35. The van der Waals surface area contributed by atoms with E-state index in [2.05, 4.69) is 4.72 Å². The lowest BCUT2D eigenvalue weighted by atomic mass is 10.2. The highest BCUT2D eigenvalue weighted by Crippen LogP contribution is 2.20.